The molecule has 16 heavy (non-hydrogen) atoms. The minimum absolute atomic E-state index is 0.0132. The molecule has 1 heterocycles. The topological polar surface area (TPSA) is 42.9 Å². The van der Waals surface area contributed by atoms with Crippen molar-refractivity contribution in [2.24, 2.45) is 0 Å². The number of hydrogen-bond acceptors (Lipinski definition) is 4. The van der Waals surface area contributed by atoms with Crippen LogP contribution in [0.4, 0.5) is 0 Å². The van der Waals surface area contributed by atoms with Gasteiger partial charge in [-0.2, -0.15) is 0 Å². The van der Waals surface area contributed by atoms with Crippen LogP contribution in [0.2, 0.25) is 0 Å². The average molecular weight is 232 g/mol. The van der Waals surface area contributed by atoms with Crippen molar-refractivity contribution in [2.75, 3.05) is 0 Å². The zero-order valence-electron chi connectivity index (χ0n) is 9.44. The van der Waals surface area contributed by atoms with Crippen LogP contribution < -0.4 is 0 Å². The maximum atomic E-state index is 12.2. The summed E-state index contributed by atoms with van der Waals surface area (Å²) in [5.41, 5.74) is 3.61. The summed E-state index contributed by atoms with van der Waals surface area (Å²) in [6.07, 6.45) is 0. The monoisotopic (exact) mass is 232 g/mol. The van der Waals surface area contributed by atoms with Crippen molar-refractivity contribution < 1.29 is 4.79 Å². The molecule has 82 valence electrons. The molecule has 2 rings (SSSR count). The van der Waals surface area contributed by atoms with Crippen molar-refractivity contribution in [3.05, 3.63) is 45.5 Å². The fraction of sp³-hybridized carbons (Fsp3) is 0.250. The average Bonchev–Trinajstić information content (AvgIpc) is 2.62. The fourth-order valence-electron chi connectivity index (χ4n) is 1.68. The molecule has 0 radical (unpaired) electrons. The van der Waals surface area contributed by atoms with Gasteiger partial charge in [-0.1, -0.05) is 21.7 Å². The van der Waals surface area contributed by atoms with Crippen LogP contribution >= 0.6 is 11.5 Å². The number of aromatic nitrogens is 2. The zero-order valence-corrected chi connectivity index (χ0v) is 10.3. The first-order chi connectivity index (χ1) is 7.58. The van der Waals surface area contributed by atoms with Gasteiger partial charge in [-0.3, -0.25) is 4.79 Å². The number of benzene rings is 1. The van der Waals surface area contributed by atoms with Crippen LogP contribution in [-0.4, -0.2) is 15.4 Å². The van der Waals surface area contributed by atoms with E-state index in [0.29, 0.717) is 16.1 Å². The summed E-state index contributed by atoms with van der Waals surface area (Å²) in [4.78, 5) is 12.8. The molecule has 2 aromatic rings. The minimum Gasteiger partial charge on any atom is -0.288 e. The number of aryl methyl sites for hydroxylation is 3. The van der Waals surface area contributed by atoms with E-state index in [-0.39, 0.29) is 5.78 Å². The van der Waals surface area contributed by atoms with E-state index in [1.54, 1.807) is 6.92 Å². The van der Waals surface area contributed by atoms with Crippen molar-refractivity contribution in [3.63, 3.8) is 0 Å². The standard InChI is InChI=1S/C12H12N2OS/c1-7-4-8(2)6-10(5-7)11(15)12-9(3)13-14-16-12/h4-6H,1-3H3. The molecule has 0 atom stereocenters. The van der Waals surface area contributed by atoms with Crippen molar-refractivity contribution in [1.82, 2.24) is 9.59 Å². The molecule has 4 heteroatoms. The maximum Gasteiger partial charge on any atom is 0.206 e. The summed E-state index contributed by atoms with van der Waals surface area (Å²) in [5, 5.41) is 3.86. The number of ketones is 1. The summed E-state index contributed by atoms with van der Waals surface area (Å²) >= 11 is 1.15. The van der Waals surface area contributed by atoms with Crippen LogP contribution in [0.3, 0.4) is 0 Å². The normalized spacial score (nSPS) is 10.4. The second kappa shape index (κ2) is 4.14. The van der Waals surface area contributed by atoms with Crippen LogP contribution in [0.25, 0.3) is 0 Å². The lowest BCUT2D eigenvalue weighted by Gasteiger charge is -2.02. The van der Waals surface area contributed by atoms with Gasteiger partial charge >= 0.3 is 0 Å². The third-order valence-corrected chi connectivity index (χ3v) is 3.17. The van der Waals surface area contributed by atoms with Gasteiger partial charge in [0.05, 0.1) is 5.69 Å². The van der Waals surface area contributed by atoms with Gasteiger partial charge in [-0.25, -0.2) is 0 Å². The molecular formula is C12H12N2OS. The van der Waals surface area contributed by atoms with E-state index >= 15 is 0 Å². The van der Waals surface area contributed by atoms with Crippen LogP contribution in [0.15, 0.2) is 18.2 Å². The smallest absolute Gasteiger partial charge is 0.206 e. The molecule has 0 saturated heterocycles. The molecule has 0 aliphatic heterocycles. The number of rotatable bonds is 2. The molecule has 1 aromatic carbocycles. The number of carbonyl (C=O) groups is 1. The predicted octanol–water partition coefficient (Wildman–Crippen LogP) is 2.69. The first-order valence-corrected chi connectivity index (χ1v) is 5.77. The van der Waals surface area contributed by atoms with Crippen molar-refractivity contribution in [1.29, 1.82) is 0 Å². The molecule has 0 unspecified atom stereocenters. The van der Waals surface area contributed by atoms with Crippen LogP contribution in [0.1, 0.15) is 32.1 Å². The van der Waals surface area contributed by atoms with E-state index in [1.165, 1.54) is 0 Å². The third-order valence-electron chi connectivity index (χ3n) is 2.34. The lowest BCUT2D eigenvalue weighted by Crippen LogP contribution is -2.01. The van der Waals surface area contributed by atoms with Gasteiger partial charge in [0.25, 0.3) is 0 Å². The molecule has 3 nitrogen and oxygen atoms in total. The van der Waals surface area contributed by atoms with E-state index in [4.69, 9.17) is 0 Å². The Balaban J connectivity index is 2.45. The lowest BCUT2D eigenvalue weighted by atomic mass is 10.0. The Labute approximate surface area is 98.3 Å². The minimum atomic E-state index is 0.0132. The van der Waals surface area contributed by atoms with Gasteiger partial charge in [0.15, 0.2) is 0 Å². The second-order valence-electron chi connectivity index (χ2n) is 3.89. The predicted molar refractivity (Wildman–Crippen MR) is 64.0 cm³/mol. The molecule has 0 saturated carbocycles. The number of carbonyl (C=O) groups excluding carboxylic acids is 1. The summed E-state index contributed by atoms with van der Waals surface area (Å²) in [5.74, 6) is 0.0132. The zero-order chi connectivity index (χ0) is 11.7. The molecule has 0 bridgehead atoms. The highest BCUT2D eigenvalue weighted by Gasteiger charge is 2.15. The fourth-order valence-corrected chi connectivity index (χ4v) is 2.30. The molecule has 0 aliphatic carbocycles. The van der Waals surface area contributed by atoms with Crippen LogP contribution in [-0.2, 0) is 0 Å². The van der Waals surface area contributed by atoms with E-state index in [0.717, 1.165) is 22.7 Å². The Hall–Kier alpha value is -1.55. The van der Waals surface area contributed by atoms with E-state index < -0.39 is 0 Å². The molecular weight excluding hydrogens is 220 g/mol. The van der Waals surface area contributed by atoms with Gasteiger partial charge in [-0.15, -0.1) is 5.10 Å². The molecule has 1 aromatic heterocycles. The van der Waals surface area contributed by atoms with Gasteiger partial charge < -0.3 is 0 Å². The highest BCUT2D eigenvalue weighted by Crippen LogP contribution is 2.17. The molecule has 0 amide bonds. The third kappa shape index (κ3) is 2.02. The molecule has 0 fully saturated rings. The quantitative estimate of drug-likeness (QED) is 0.748. The SMILES string of the molecule is Cc1cc(C)cc(C(=O)c2snnc2C)c1. The molecule has 0 aliphatic rings. The van der Waals surface area contributed by atoms with Crippen molar-refractivity contribution >= 4 is 17.3 Å². The van der Waals surface area contributed by atoms with Crippen molar-refractivity contribution in [3.8, 4) is 0 Å². The van der Waals surface area contributed by atoms with E-state index in [2.05, 4.69) is 15.7 Å². The summed E-state index contributed by atoms with van der Waals surface area (Å²) < 4.78 is 3.78. The Morgan fingerprint density at radius 2 is 1.75 bits per heavy atom. The molecule has 0 spiro atoms. The Morgan fingerprint density at radius 3 is 2.25 bits per heavy atom. The van der Waals surface area contributed by atoms with Gasteiger partial charge in [0, 0.05) is 5.56 Å². The highest BCUT2D eigenvalue weighted by molar-refractivity contribution is 7.08. The van der Waals surface area contributed by atoms with E-state index in [9.17, 15) is 4.79 Å². The maximum absolute atomic E-state index is 12.2. The van der Waals surface area contributed by atoms with Crippen LogP contribution in [0, 0.1) is 20.8 Å². The van der Waals surface area contributed by atoms with Crippen molar-refractivity contribution in [2.45, 2.75) is 20.8 Å². The Bertz CT molecular complexity index is 525. The summed E-state index contributed by atoms with van der Waals surface area (Å²) in [7, 11) is 0. The van der Waals surface area contributed by atoms with Gasteiger partial charge in [-0.05, 0) is 44.4 Å². The largest absolute Gasteiger partial charge is 0.288 e. The lowest BCUT2D eigenvalue weighted by molar-refractivity contribution is 0.104. The first-order valence-electron chi connectivity index (χ1n) is 5.00. The van der Waals surface area contributed by atoms with Gasteiger partial charge in [0.2, 0.25) is 5.78 Å². The molecule has 0 N–H and O–H groups in total. The number of hydrogen-bond donors (Lipinski definition) is 0. The summed E-state index contributed by atoms with van der Waals surface area (Å²) in [6, 6.07) is 5.84. The number of nitrogens with zero attached hydrogens (tertiary/aromatic N) is 2. The summed E-state index contributed by atoms with van der Waals surface area (Å²) in [6.45, 7) is 5.78. The van der Waals surface area contributed by atoms with E-state index in [1.807, 2.05) is 26.0 Å². The Morgan fingerprint density at radius 1 is 1.12 bits per heavy atom. The van der Waals surface area contributed by atoms with Crippen LogP contribution in [0.5, 0.6) is 0 Å². The highest BCUT2D eigenvalue weighted by atomic mass is 32.1. The first kappa shape index (κ1) is 11.0. The van der Waals surface area contributed by atoms with Gasteiger partial charge in [0.1, 0.15) is 4.88 Å². The Kier molecular flexibility index (Phi) is 2.83. The second-order valence-corrected chi connectivity index (χ2v) is 4.65.